The highest BCUT2D eigenvalue weighted by atomic mass is 16.5. The maximum atomic E-state index is 12.7. The number of nitrogens with zero attached hydrogens (tertiary/aromatic N) is 6. The lowest BCUT2D eigenvalue weighted by Crippen LogP contribution is -2.38. The van der Waals surface area contributed by atoms with Gasteiger partial charge in [-0.3, -0.25) is 23.2 Å². The van der Waals surface area contributed by atoms with Crippen molar-refractivity contribution < 1.29 is 4.74 Å². The Morgan fingerprint density at radius 1 is 1.00 bits per heavy atom. The maximum Gasteiger partial charge on any atom is 0.332 e. The molecule has 0 aliphatic carbocycles. The van der Waals surface area contributed by atoms with Gasteiger partial charge in [-0.05, 0) is 13.8 Å². The molecule has 4 heterocycles. The van der Waals surface area contributed by atoms with Crippen LogP contribution in [-0.2, 0) is 25.4 Å². The SMILES string of the molecule is Cc1c(C)n2c3c(=O)n(C)c(=O)n(C)c3nc2n1CCN1CCOCC1. The minimum Gasteiger partial charge on any atom is -0.379 e. The summed E-state index contributed by atoms with van der Waals surface area (Å²) in [5.41, 5.74) is 2.26. The molecule has 0 atom stereocenters. The second kappa shape index (κ2) is 6.10. The molecule has 1 fully saturated rings. The van der Waals surface area contributed by atoms with Crippen LogP contribution in [0.1, 0.15) is 11.4 Å². The van der Waals surface area contributed by atoms with Crippen molar-refractivity contribution in [2.45, 2.75) is 20.4 Å². The van der Waals surface area contributed by atoms with Crippen molar-refractivity contribution in [3.05, 3.63) is 32.2 Å². The van der Waals surface area contributed by atoms with Gasteiger partial charge in [-0.25, -0.2) is 4.79 Å². The topological polar surface area (TPSA) is 78.7 Å². The number of imidazole rings is 2. The summed E-state index contributed by atoms with van der Waals surface area (Å²) in [6.07, 6.45) is 0. The van der Waals surface area contributed by atoms with E-state index in [0.29, 0.717) is 16.9 Å². The molecule has 3 aromatic rings. The van der Waals surface area contributed by atoms with Crippen molar-refractivity contribution in [2.75, 3.05) is 32.8 Å². The fourth-order valence-electron chi connectivity index (χ4n) is 3.72. The van der Waals surface area contributed by atoms with Crippen LogP contribution >= 0.6 is 0 Å². The lowest BCUT2D eigenvalue weighted by atomic mass is 10.3. The van der Waals surface area contributed by atoms with Gasteiger partial charge in [0, 0.05) is 51.7 Å². The van der Waals surface area contributed by atoms with Gasteiger partial charge in [0.2, 0.25) is 5.78 Å². The van der Waals surface area contributed by atoms with E-state index in [2.05, 4.69) is 14.5 Å². The summed E-state index contributed by atoms with van der Waals surface area (Å²) in [5, 5.41) is 0. The highest BCUT2D eigenvalue weighted by Crippen LogP contribution is 2.20. The zero-order valence-corrected chi connectivity index (χ0v) is 15.7. The lowest BCUT2D eigenvalue weighted by molar-refractivity contribution is 0.0364. The fourth-order valence-corrected chi connectivity index (χ4v) is 3.72. The zero-order chi connectivity index (χ0) is 18.6. The Bertz CT molecular complexity index is 1110. The molecule has 3 aromatic heterocycles. The van der Waals surface area contributed by atoms with Gasteiger partial charge in [0.25, 0.3) is 5.56 Å². The summed E-state index contributed by atoms with van der Waals surface area (Å²) >= 11 is 0. The Balaban J connectivity index is 1.88. The first-order valence-corrected chi connectivity index (χ1v) is 8.85. The van der Waals surface area contributed by atoms with E-state index in [1.54, 1.807) is 7.05 Å². The van der Waals surface area contributed by atoms with Crippen LogP contribution in [0, 0.1) is 13.8 Å². The molecule has 0 saturated carbocycles. The molecule has 1 aliphatic heterocycles. The van der Waals surface area contributed by atoms with Crippen molar-refractivity contribution in [3.8, 4) is 0 Å². The molecule has 140 valence electrons. The van der Waals surface area contributed by atoms with Gasteiger partial charge in [0.1, 0.15) is 0 Å². The summed E-state index contributed by atoms with van der Waals surface area (Å²) in [4.78, 5) is 32.0. The average Bonchev–Trinajstić information content (AvgIpc) is 3.14. The van der Waals surface area contributed by atoms with Gasteiger partial charge >= 0.3 is 5.69 Å². The molecule has 9 heteroatoms. The smallest absolute Gasteiger partial charge is 0.332 e. The number of ether oxygens (including phenoxy) is 1. The summed E-state index contributed by atoms with van der Waals surface area (Å²) in [6.45, 7) is 9.10. The first kappa shape index (κ1) is 17.0. The molecule has 0 bridgehead atoms. The van der Waals surface area contributed by atoms with Gasteiger partial charge in [0.05, 0.1) is 13.2 Å². The third-order valence-electron chi connectivity index (χ3n) is 5.49. The predicted molar refractivity (Wildman–Crippen MR) is 97.9 cm³/mol. The number of aromatic nitrogens is 5. The molecule has 0 aromatic carbocycles. The predicted octanol–water partition coefficient (Wildman–Crippen LogP) is -0.365. The van der Waals surface area contributed by atoms with Gasteiger partial charge in [-0.2, -0.15) is 4.98 Å². The molecule has 0 amide bonds. The van der Waals surface area contributed by atoms with Gasteiger partial charge in [-0.15, -0.1) is 0 Å². The van der Waals surface area contributed by atoms with E-state index in [9.17, 15) is 9.59 Å². The fraction of sp³-hybridized carbons (Fsp3) is 0.588. The van der Waals surface area contributed by atoms with E-state index >= 15 is 0 Å². The Labute approximate surface area is 150 Å². The normalized spacial score (nSPS) is 16.2. The van der Waals surface area contributed by atoms with Gasteiger partial charge < -0.3 is 9.30 Å². The molecule has 0 spiro atoms. The minimum atomic E-state index is -0.363. The molecule has 9 nitrogen and oxygen atoms in total. The van der Waals surface area contributed by atoms with E-state index in [1.165, 1.54) is 11.6 Å². The molecule has 0 N–H and O–H groups in total. The Hall–Kier alpha value is -2.39. The van der Waals surface area contributed by atoms with Gasteiger partial charge in [-0.1, -0.05) is 0 Å². The van der Waals surface area contributed by atoms with Crippen LogP contribution in [0.5, 0.6) is 0 Å². The first-order chi connectivity index (χ1) is 12.4. The molecule has 0 radical (unpaired) electrons. The molecule has 0 unspecified atom stereocenters. The van der Waals surface area contributed by atoms with E-state index in [4.69, 9.17) is 4.74 Å². The number of hydrogen-bond acceptors (Lipinski definition) is 5. The second-order valence-electron chi connectivity index (χ2n) is 6.90. The molecular formula is C17H24N6O3. The third kappa shape index (κ3) is 2.34. The Morgan fingerprint density at radius 2 is 1.69 bits per heavy atom. The van der Waals surface area contributed by atoms with E-state index in [1.807, 2.05) is 18.2 Å². The van der Waals surface area contributed by atoms with Crippen LogP contribution in [0.2, 0.25) is 0 Å². The van der Waals surface area contributed by atoms with Crippen LogP contribution in [0.3, 0.4) is 0 Å². The number of fused-ring (bicyclic) bond motifs is 3. The molecule has 26 heavy (non-hydrogen) atoms. The van der Waals surface area contributed by atoms with E-state index in [0.717, 1.165) is 55.3 Å². The third-order valence-corrected chi connectivity index (χ3v) is 5.49. The Kier molecular flexibility index (Phi) is 4.00. The molecule has 1 aliphatic rings. The minimum absolute atomic E-state index is 0.316. The largest absolute Gasteiger partial charge is 0.379 e. The summed E-state index contributed by atoms with van der Waals surface area (Å²) in [6, 6.07) is 0. The first-order valence-electron chi connectivity index (χ1n) is 8.85. The van der Waals surface area contributed by atoms with Crippen LogP contribution < -0.4 is 11.2 Å². The van der Waals surface area contributed by atoms with Crippen molar-refractivity contribution in [1.82, 2.24) is 28.0 Å². The van der Waals surface area contributed by atoms with Crippen LogP contribution in [0.25, 0.3) is 16.9 Å². The number of aryl methyl sites for hydroxylation is 2. The molecule has 1 saturated heterocycles. The van der Waals surface area contributed by atoms with Crippen LogP contribution in [-0.4, -0.2) is 60.8 Å². The van der Waals surface area contributed by atoms with Crippen LogP contribution in [0.4, 0.5) is 0 Å². The summed E-state index contributed by atoms with van der Waals surface area (Å²) < 4.78 is 12.0. The zero-order valence-electron chi connectivity index (χ0n) is 15.7. The Morgan fingerprint density at radius 3 is 2.38 bits per heavy atom. The average molecular weight is 360 g/mol. The standard InChI is InChI=1S/C17H24N6O3/c1-11-12(2)23-13-14(19(3)17(25)20(4)15(13)24)18-16(23)22(11)6-5-21-7-9-26-10-8-21/h5-10H2,1-4H3. The highest BCUT2D eigenvalue weighted by Gasteiger charge is 2.22. The van der Waals surface area contributed by atoms with Crippen molar-refractivity contribution >= 4 is 16.9 Å². The second-order valence-corrected chi connectivity index (χ2v) is 6.90. The molecule has 4 rings (SSSR count). The number of rotatable bonds is 3. The summed E-state index contributed by atoms with van der Waals surface area (Å²) in [7, 11) is 3.15. The van der Waals surface area contributed by atoms with Gasteiger partial charge in [0.15, 0.2) is 11.2 Å². The van der Waals surface area contributed by atoms with E-state index in [-0.39, 0.29) is 11.2 Å². The lowest BCUT2D eigenvalue weighted by Gasteiger charge is -2.26. The number of hydrogen-bond donors (Lipinski definition) is 0. The highest BCUT2D eigenvalue weighted by molar-refractivity contribution is 5.76. The summed E-state index contributed by atoms with van der Waals surface area (Å²) in [5.74, 6) is 0.710. The number of morpholine rings is 1. The van der Waals surface area contributed by atoms with E-state index < -0.39 is 0 Å². The quantitative estimate of drug-likeness (QED) is 0.637. The van der Waals surface area contributed by atoms with Crippen molar-refractivity contribution in [3.63, 3.8) is 0 Å². The molecular weight excluding hydrogens is 336 g/mol. The monoisotopic (exact) mass is 360 g/mol. The van der Waals surface area contributed by atoms with Crippen molar-refractivity contribution in [2.24, 2.45) is 14.1 Å². The van der Waals surface area contributed by atoms with Crippen molar-refractivity contribution in [1.29, 1.82) is 0 Å². The van der Waals surface area contributed by atoms with Crippen LogP contribution in [0.15, 0.2) is 9.59 Å². The maximum absolute atomic E-state index is 12.7.